The second-order valence-corrected chi connectivity index (χ2v) is 5.05. The molecule has 1 atom stereocenters. The van der Waals surface area contributed by atoms with Crippen molar-refractivity contribution in [3.8, 4) is 0 Å². The Bertz CT molecular complexity index is 217. The zero-order chi connectivity index (χ0) is 11.6. The Kier molecular flexibility index (Phi) is 7.20. The molecule has 0 aliphatic heterocycles. The molecule has 0 saturated heterocycles. The summed E-state index contributed by atoms with van der Waals surface area (Å²) in [4.78, 5) is 11.0. The van der Waals surface area contributed by atoms with Crippen LogP contribution < -0.4 is 0 Å². The Morgan fingerprint density at radius 3 is 2.25 bits per heavy atom. The highest BCUT2D eigenvalue weighted by Gasteiger charge is 2.14. The van der Waals surface area contributed by atoms with Gasteiger partial charge in [0, 0.05) is 6.42 Å². The van der Waals surface area contributed by atoms with Crippen LogP contribution >= 0.6 is 0 Å². The van der Waals surface area contributed by atoms with Crippen molar-refractivity contribution in [2.75, 3.05) is 0 Å². The molecule has 0 spiro atoms. The van der Waals surface area contributed by atoms with Crippen LogP contribution in [0.25, 0.3) is 0 Å². The van der Waals surface area contributed by atoms with E-state index in [4.69, 9.17) is 0 Å². The third-order valence-electron chi connectivity index (χ3n) is 3.45. The number of ketones is 1. The lowest BCUT2D eigenvalue weighted by Crippen LogP contribution is -1.96. The predicted molar refractivity (Wildman–Crippen MR) is 69.5 cm³/mol. The van der Waals surface area contributed by atoms with Crippen LogP contribution in [0, 0.1) is 5.92 Å². The first-order valence-corrected chi connectivity index (χ1v) is 7.04. The van der Waals surface area contributed by atoms with Crippen molar-refractivity contribution in [1.82, 2.24) is 0 Å². The molecule has 1 aliphatic carbocycles. The van der Waals surface area contributed by atoms with Gasteiger partial charge >= 0.3 is 0 Å². The number of hydrogen-bond donors (Lipinski definition) is 0. The summed E-state index contributed by atoms with van der Waals surface area (Å²) in [5.74, 6) is 0.886. The maximum Gasteiger partial charge on any atom is 0.155 e. The fourth-order valence-corrected chi connectivity index (χ4v) is 2.38. The highest BCUT2D eigenvalue weighted by molar-refractivity contribution is 5.92. The van der Waals surface area contributed by atoms with Gasteiger partial charge in [0.2, 0.25) is 0 Å². The molecule has 0 fully saturated rings. The summed E-state index contributed by atoms with van der Waals surface area (Å²) >= 11 is 0. The molecule has 0 bridgehead atoms. The minimum Gasteiger partial charge on any atom is -0.295 e. The first kappa shape index (κ1) is 13.5. The zero-order valence-electron chi connectivity index (χ0n) is 10.7. The first-order chi connectivity index (χ1) is 7.83. The number of carbonyl (C=O) groups excluding carboxylic acids is 1. The van der Waals surface area contributed by atoms with Crippen LogP contribution in [0.5, 0.6) is 0 Å². The van der Waals surface area contributed by atoms with Crippen molar-refractivity contribution in [2.45, 2.75) is 71.1 Å². The van der Waals surface area contributed by atoms with Crippen LogP contribution in [0.1, 0.15) is 71.1 Å². The summed E-state index contributed by atoms with van der Waals surface area (Å²) in [6.45, 7) is 2.26. The van der Waals surface area contributed by atoms with Crippen molar-refractivity contribution < 1.29 is 4.79 Å². The molecule has 0 aromatic rings. The quantitative estimate of drug-likeness (QED) is 0.518. The monoisotopic (exact) mass is 222 g/mol. The average molecular weight is 222 g/mol. The maximum absolute atomic E-state index is 11.0. The van der Waals surface area contributed by atoms with Crippen LogP contribution in [-0.2, 0) is 4.79 Å². The van der Waals surface area contributed by atoms with E-state index in [-0.39, 0.29) is 0 Å². The van der Waals surface area contributed by atoms with Crippen molar-refractivity contribution in [1.29, 1.82) is 0 Å². The molecular formula is C15H26O. The number of carbonyl (C=O) groups is 1. The molecule has 0 saturated carbocycles. The minimum absolute atomic E-state index is 0.324. The SMILES string of the molecule is CCCCCCCCCCC1C=CC(=O)C1. The van der Waals surface area contributed by atoms with Crippen LogP contribution in [0.3, 0.4) is 0 Å². The van der Waals surface area contributed by atoms with Gasteiger partial charge in [-0.05, 0) is 18.4 Å². The molecule has 92 valence electrons. The second-order valence-electron chi connectivity index (χ2n) is 5.05. The molecule has 0 aromatic carbocycles. The highest BCUT2D eigenvalue weighted by atomic mass is 16.1. The van der Waals surface area contributed by atoms with Crippen molar-refractivity contribution in [2.24, 2.45) is 5.92 Å². The second kappa shape index (κ2) is 8.55. The first-order valence-electron chi connectivity index (χ1n) is 7.04. The third kappa shape index (κ3) is 6.09. The minimum atomic E-state index is 0.324. The summed E-state index contributed by atoms with van der Waals surface area (Å²) in [7, 11) is 0. The molecule has 1 rings (SSSR count). The smallest absolute Gasteiger partial charge is 0.155 e. The normalized spacial score (nSPS) is 19.6. The van der Waals surface area contributed by atoms with E-state index in [2.05, 4.69) is 13.0 Å². The molecule has 0 amide bonds. The summed E-state index contributed by atoms with van der Waals surface area (Å²) in [5.41, 5.74) is 0. The third-order valence-corrected chi connectivity index (χ3v) is 3.45. The lowest BCUT2D eigenvalue weighted by atomic mass is 9.99. The molecule has 0 N–H and O–H groups in total. The lowest BCUT2D eigenvalue weighted by Gasteiger charge is -2.06. The van der Waals surface area contributed by atoms with Crippen LogP contribution in [0.2, 0.25) is 0 Å². The maximum atomic E-state index is 11.0. The Morgan fingerprint density at radius 2 is 1.69 bits per heavy atom. The summed E-state index contributed by atoms with van der Waals surface area (Å²) < 4.78 is 0. The van der Waals surface area contributed by atoms with Crippen molar-refractivity contribution in [3.05, 3.63) is 12.2 Å². The molecule has 0 heterocycles. The van der Waals surface area contributed by atoms with E-state index in [1.165, 1.54) is 57.8 Å². The standard InChI is InChI=1S/C15H26O/c1-2-3-4-5-6-7-8-9-10-14-11-12-15(16)13-14/h11-12,14H,2-10,13H2,1H3. The van der Waals surface area contributed by atoms with E-state index in [0.717, 1.165) is 6.42 Å². The molecule has 0 radical (unpaired) electrons. The highest BCUT2D eigenvalue weighted by Crippen LogP contribution is 2.21. The lowest BCUT2D eigenvalue weighted by molar-refractivity contribution is -0.114. The average Bonchev–Trinajstić information content (AvgIpc) is 2.68. The number of hydrogen-bond acceptors (Lipinski definition) is 1. The topological polar surface area (TPSA) is 17.1 Å². The van der Waals surface area contributed by atoms with E-state index in [1.807, 2.05) is 0 Å². The van der Waals surface area contributed by atoms with E-state index in [1.54, 1.807) is 6.08 Å². The van der Waals surface area contributed by atoms with Gasteiger partial charge < -0.3 is 0 Å². The number of rotatable bonds is 9. The van der Waals surface area contributed by atoms with Crippen LogP contribution in [0.4, 0.5) is 0 Å². The van der Waals surface area contributed by atoms with Gasteiger partial charge in [-0.3, -0.25) is 4.79 Å². The molecule has 16 heavy (non-hydrogen) atoms. The Balaban J connectivity index is 1.82. The van der Waals surface area contributed by atoms with Gasteiger partial charge in [-0.2, -0.15) is 0 Å². The van der Waals surface area contributed by atoms with E-state index in [0.29, 0.717) is 11.7 Å². The van der Waals surface area contributed by atoms with E-state index >= 15 is 0 Å². The predicted octanol–water partition coefficient (Wildman–Crippen LogP) is 4.66. The number of allylic oxidation sites excluding steroid dienone is 2. The Hall–Kier alpha value is -0.590. The van der Waals surface area contributed by atoms with Gasteiger partial charge in [0.25, 0.3) is 0 Å². The summed E-state index contributed by atoms with van der Waals surface area (Å²) in [6, 6.07) is 0. The van der Waals surface area contributed by atoms with Gasteiger partial charge in [-0.1, -0.05) is 64.4 Å². The van der Waals surface area contributed by atoms with Gasteiger partial charge in [0.1, 0.15) is 0 Å². The molecule has 1 heteroatoms. The van der Waals surface area contributed by atoms with Gasteiger partial charge in [-0.25, -0.2) is 0 Å². The molecule has 1 unspecified atom stereocenters. The number of unbranched alkanes of at least 4 members (excludes halogenated alkanes) is 7. The van der Waals surface area contributed by atoms with Crippen LogP contribution in [-0.4, -0.2) is 5.78 Å². The zero-order valence-corrected chi connectivity index (χ0v) is 10.7. The van der Waals surface area contributed by atoms with Gasteiger partial charge in [0.05, 0.1) is 0 Å². The van der Waals surface area contributed by atoms with Crippen molar-refractivity contribution in [3.63, 3.8) is 0 Å². The van der Waals surface area contributed by atoms with Gasteiger partial charge in [-0.15, -0.1) is 0 Å². The van der Waals surface area contributed by atoms with Crippen LogP contribution in [0.15, 0.2) is 12.2 Å². The molecule has 1 aliphatic rings. The molecule has 1 nitrogen and oxygen atoms in total. The summed E-state index contributed by atoms with van der Waals surface area (Å²) in [6.07, 6.45) is 16.9. The fourth-order valence-electron chi connectivity index (χ4n) is 2.38. The summed E-state index contributed by atoms with van der Waals surface area (Å²) in [5, 5.41) is 0. The molecule has 0 aromatic heterocycles. The van der Waals surface area contributed by atoms with E-state index in [9.17, 15) is 4.79 Å². The Morgan fingerprint density at radius 1 is 1.06 bits per heavy atom. The molecular weight excluding hydrogens is 196 g/mol. The Labute approximate surface area is 100 Å². The largest absolute Gasteiger partial charge is 0.295 e. The fraction of sp³-hybridized carbons (Fsp3) is 0.800. The van der Waals surface area contributed by atoms with Crippen molar-refractivity contribution >= 4 is 5.78 Å². The van der Waals surface area contributed by atoms with E-state index < -0.39 is 0 Å². The van der Waals surface area contributed by atoms with Gasteiger partial charge in [0.15, 0.2) is 5.78 Å².